The molecule has 0 saturated heterocycles. The molecule has 3 aromatic rings. The van der Waals surface area contributed by atoms with E-state index in [0.717, 1.165) is 12.0 Å². The van der Waals surface area contributed by atoms with Gasteiger partial charge in [-0.2, -0.15) is 0 Å². The normalized spacial score (nSPS) is 12.5. The molecular formula is C27H31Cl2N3O4S. The smallest absolute Gasteiger partial charge is 0.319 e. The van der Waals surface area contributed by atoms with Crippen molar-refractivity contribution >= 4 is 50.6 Å². The third-order valence-corrected chi connectivity index (χ3v) is 7.75. The lowest BCUT2D eigenvalue weighted by Crippen LogP contribution is -2.31. The number of nitrogens with one attached hydrogen (secondary N) is 3. The minimum atomic E-state index is -3.79. The topological polar surface area (TPSA) is 96.5 Å². The second-order valence-corrected chi connectivity index (χ2v) is 12.3. The van der Waals surface area contributed by atoms with Crippen LogP contribution < -0.4 is 20.1 Å². The Morgan fingerprint density at radius 3 is 2.08 bits per heavy atom. The predicted octanol–water partition coefficient (Wildman–Crippen LogP) is 7.27. The van der Waals surface area contributed by atoms with E-state index in [4.69, 9.17) is 27.9 Å². The summed E-state index contributed by atoms with van der Waals surface area (Å²) in [5, 5.41) is 6.03. The number of carbonyl (C=O) groups excluding carboxylic acids is 1. The van der Waals surface area contributed by atoms with Crippen molar-refractivity contribution in [1.82, 2.24) is 5.32 Å². The maximum Gasteiger partial charge on any atom is 0.319 e. The number of halogens is 2. The van der Waals surface area contributed by atoms with Crippen molar-refractivity contribution in [2.75, 3.05) is 17.1 Å². The fourth-order valence-electron chi connectivity index (χ4n) is 3.71. The van der Waals surface area contributed by atoms with Gasteiger partial charge in [0.2, 0.25) is 0 Å². The zero-order chi connectivity index (χ0) is 27.4. The molecule has 3 N–H and O–H groups in total. The summed E-state index contributed by atoms with van der Waals surface area (Å²) >= 11 is 12.5. The summed E-state index contributed by atoms with van der Waals surface area (Å²) < 4.78 is 33.4. The largest absolute Gasteiger partial charge is 0.495 e. The Hall–Kier alpha value is -2.94. The molecule has 0 aromatic heterocycles. The van der Waals surface area contributed by atoms with Crippen LogP contribution in [0.25, 0.3) is 0 Å². The van der Waals surface area contributed by atoms with E-state index in [2.05, 4.69) is 36.1 Å². The molecule has 37 heavy (non-hydrogen) atoms. The van der Waals surface area contributed by atoms with E-state index in [1.807, 2.05) is 12.1 Å². The number of methoxy groups -OCH3 is 1. The Kier molecular flexibility index (Phi) is 9.00. The number of ether oxygens (including phenoxy) is 1. The summed E-state index contributed by atoms with van der Waals surface area (Å²) in [6.45, 7) is 8.22. The van der Waals surface area contributed by atoms with E-state index in [0.29, 0.717) is 27.7 Å². The van der Waals surface area contributed by atoms with Crippen molar-refractivity contribution < 1.29 is 17.9 Å². The third kappa shape index (κ3) is 7.77. The highest BCUT2D eigenvalue weighted by atomic mass is 35.5. The van der Waals surface area contributed by atoms with Crippen molar-refractivity contribution in [2.24, 2.45) is 5.41 Å². The van der Waals surface area contributed by atoms with E-state index >= 15 is 0 Å². The van der Waals surface area contributed by atoms with Crippen LogP contribution in [0, 0.1) is 5.41 Å². The zero-order valence-corrected chi connectivity index (χ0v) is 23.7. The number of amides is 2. The zero-order valence-electron chi connectivity index (χ0n) is 21.4. The van der Waals surface area contributed by atoms with Crippen LogP contribution in [0.5, 0.6) is 5.75 Å². The Morgan fingerprint density at radius 1 is 0.919 bits per heavy atom. The Morgan fingerprint density at radius 2 is 1.51 bits per heavy atom. The number of anilines is 2. The van der Waals surface area contributed by atoms with E-state index < -0.39 is 22.1 Å². The molecule has 0 spiro atoms. The molecule has 10 heteroatoms. The SMILES string of the molecule is COc1ccc([C@H](C)NC(=O)Nc2ccc(S(=O)(=O)Nc3ccc(CC(C)(C)C)cc3)cc2)c(Cl)c1Cl. The summed E-state index contributed by atoms with van der Waals surface area (Å²) in [7, 11) is -2.30. The van der Waals surface area contributed by atoms with Crippen LogP contribution in [-0.2, 0) is 16.4 Å². The fraction of sp³-hybridized carbons (Fsp3) is 0.296. The molecule has 0 bridgehead atoms. The Balaban J connectivity index is 1.61. The van der Waals surface area contributed by atoms with Gasteiger partial charge in [0.25, 0.3) is 10.0 Å². The monoisotopic (exact) mass is 563 g/mol. The number of carbonyl (C=O) groups is 1. The molecule has 0 aliphatic rings. The number of sulfonamides is 1. The first-order valence-electron chi connectivity index (χ1n) is 11.6. The minimum absolute atomic E-state index is 0.0743. The molecule has 198 valence electrons. The van der Waals surface area contributed by atoms with Crippen molar-refractivity contribution in [3.05, 3.63) is 81.8 Å². The summed E-state index contributed by atoms with van der Waals surface area (Å²) in [5.41, 5.74) is 2.80. The molecule has 1 atom stereocenters. The van der Waals surface area contributed by atoms with Gasteiger partial charge in [-0.25, -0.2) is 13.2 Å². The average molecular weight is 565 g/mol. The van der Waals surface area contributed by atoms with Crippen molar-refractivity contribution in [2.45, 2.75) is 45.1 Å². The molecule has 3 aromatic carbocycles. The fourth-order valence-corrected chi connectivity index (χ4v) is 5.34. The molecule has 3 rings (SSSR count). The van der Waals surface area contributed by atoms with Gasteiger partial charge in [-0.15, -0.1) is 0 Å². The van der Waals surface area contributed by atoms with Gasteiger partial charge in [0.1, 0.15) is 10.8 Å². The van der Waals surface area contributed by atoms with E-state index in [1.54, 1.807) is 31.2 Å². The van der Waals surface area contributed by atoms with Gasteiger partial charge < -0.3 is 15.4 Å². The minimum Gasteiger partial charge on any atom is -0.495 e. The number of rotatable bonds is 8. The van der Waals surface area contributed by atoms with Gasteiger partial charge in [0.05, 0.1) is 23.1 Å². The van der Waals surface area contributed by atoms with Crippen LogP contribution in [-0.4, -0.2) is 21.6 Å². The summed E-state index contributed by atoms with van der Waals surface area (Å²) in [6, 6.07) is 15.7. The Bertz CT molecular complexity index is 1350. The lowest BCUT2D eigenvalue weighted by Gasteiger charge is -2.18. The lowest BCUT2D eigenvalue weighted by atomic mass is 9.88. The van der Waals surface area contributed by atoms with Gasteiger partial charge in [0.15, 0.2) is 0 Å². The molecule has 0 heterocycles. The second kappa shape index (κ2) is 11.6. The molecule has 0 radical (unpaired) electrons. The van der Waals surface area contributed by atoms with Gasteiger partial charge in [0, 0.05) is 11.4 Å². The molecule has 0 saturated carbocycles. The summed E-state index contributed by atoms with van der Waals surface area (Å²) in [4.78, 5) is 12.6. The number of urea groups is 1. The van der Waals surface area contributed by atoms with Gasteiger partial charge >= 0.3 is 6.03 Å². The molecule has 2 amide bonds. The van der Waals surface area contributed by atoms with Crippen LogP contribution in [0.3, 0.4) is 0 Å². The number of benzene rings is 3. The van der Waals surface area contributed by atoms with Gasteiger partial charge in [-0.1, -0.05) is 62.2 Å². The highest BCUT2D eigenvalue weighted by Crippen LogP contribution is 2.37. The van der Waals surface area contributed by atoms with Crippen molar-refractivity contribution in [3.63, 3.8) is 0 Å². The standard InChI is InChI=1S/C27H31Cl2N3O4S/c1-17(22-14-15-23(36-5)25(29)24(22)28)30-26(33)31-19-10-12-21(13-11-19)37(34,35)32-20-8-6-18(7-9-20)16-27(2,3)4/h6-15,17,32H,16H2,1-5H3,(H2,30,31,33)/t17-/m0/s1. The van der Waals surface area contributed by atoms with Crippen molar-refractivity contribution in [1.29, 1.82) is 0 Å². The van der Waals surface area contributed by atoms with Crippen LogP contribution >= 0.6 is 23.2 Å². The summed E-state index contributed by atoms with van der Waals surface area (Å²) in [5.74, 6) is 0.439. The molecule has 0 aliphatic heterocycles. The molecule has 0 unspecified atom stereocenters. The number of hydrogen-bond donors (Lipinski definition) is 3. The predicted molar refractivity (Wildman–Crippen MR) is 150 cm³/mol. The van der Waals surface area contributed by atoms with Crippen LogP contribution in [0.4, 0.5) is 16.2 Å². The highest BCUT2D eigenvalue weighted by Gasteiger charge is 2.18. The third-order valence-electron chi connectivity index (χ3n) is 5.47. The first kappa shape index (κ1) is 28.6. The maximum absolute atomic E-state index is 12.8. The average Bonchev–Trinajstić information content (AvgIpc) is 2.81. The van der Waals surface area contributed by atoms with Crippen molar-refractivity contribution in [3.8, 4) is 5.75 Å². The van der Waals surface area contributed by atoms with E-state index in [-0.39, 0.29) is 15.3 Å². The quantitative estimate of drug-likeness (QED) is 0.268. The van der Waals surface area contributed by atoms with E-state index in [1.165, 1.54) is 31.4 Å². The van der Waals surface area contributed by atoms with Crippen LogP contribution in [0.2, 0.25) is 10.0 Å². The first-order chi connectivity index (χ1) is 17.3. The van der Waals surface area contributed by atoms with Crippen LogP contribution in [0.1, 0.15) is 44.9 Å². The van der Waals surface area contributed by atoms with Gasteiger partial charge in [-0.3, -0.25) is 4.72 Å². The number of hydrogen-bond acceptors (Lipinski definition) is 4. The molecule has 7 nitrogen and oxygen atoms in total. The first-order valence-corrected chi connectivity index (χ1v) is 13.8. The molecule has 0 aliphatic carbocycles. The summed E-state index contributed by atoms with van der Waals surface area (Å²) in [6.07, 6.45) is 0.891. The molecule has 0 fully saturated rings. The van der Waals surface area contributed by atoms with E-state index in [9.17, 15) is 13.2 Å². The highest BCUT2D eigenvalue weighted by molar-refractivity contribution is 7.92. The second-order valence-electron chi connectivity index (χ2n) is 9.87. The Labute approximate surface area is 228 Å². The molecular weight excluding hydrogens is 533 g/mol. The van der Waals surface area contributed by atoms with Gasteiger partial charge in [-0.05, 0) is 72.4 Å². The maximum atomic E-state index is 12.8. The van der Waals surface area contributed by atoms with Crippen LogP contribution in [0.15, 0.2) is 65.6 Å². The lowest BCUT2D eigenvalue weighted by molar-refractivity contribution is 0.249.